The molecule has 6 heteroatoms. The molecule has 0 atom stereocenters. The molecule has 0 radical (unpaired) electrons. The normalized spacial score (nSPS) is 10.6. The van der Waals surface area contributed by atoms with Crippen molar-refractivity contribution in [2.24, 2.45) is 5.92 Å². The molecule has 0 fully saturated rings. The minimum atomic E-state index is -0.380. The number of hydrogen-bond donors (Lipinski definition) is 0. The predicted octanol–water partition coefficient (Wildman–Crippen LogP) is 6.00. The number of halogens is 3. The Bertz CT molecular complexity index is 699. The first kappa shape index (κ1) is 16.9. The zero-order valence-corrected chi connectivity index (χ0v) is 14.2. The van der Waals surface area contributed by atoms with Crippen molar-refractivity contribution in [1.82, 2.24) is 0 Å². The van der Waals surface area contributed by atoms with E-state index in [4.69, 9.17) is 44.3 Å². The van der Waals surface area contributed by atoms with Gasteiger partial charge in [0.25, 0.3) is 0 Å². The molecule has 0 aliphatic carbocycles. The number of carbonyl (C=O) groups excluding carboxylic acids is 1. The van der Waals surface area contributed by atoms with Crippen LogP contribution in [0.25, 0.3) is 0 Å². The maximum absolute atomic E-state index is 11.8. The Morgan fingerprint density at radius 1 is 0.909 bits per heavy atom. The van der Waals surface area contributed by atoms with E-state index in [1.165, 1.54) is 6.07 Å². The topological polar surface area (TPSA) is 35.5 Å². The molecule has 2 rings (SSSR count). The highest BCUT2D eigenvalue weighted by atomic mass is 35.5. The highest BCUT2D eigenvalue weighted by molar-refractivity contribution is 6.35. The van der Waals surface area contributed by atoms with Gasteiger partial charge in [-0.1, -0.05) is 48.7 Å². The molecule has 0 spiro atoms. The lowest BCUT2D eigenvalue weighted by atomic mass is 10.2. The van der Waals surface area contributed by atoms with Gasteiger partial charge in [-0.05, 0) is 30.3 Å². The highest BCUT2D eigenvalue weighted by Gasteiger charge is 2.15. The second kappa shape index (κ2) is 7.23. The van der Waals surface area contributed by atoms with Gasteiger partial charge in [0, 0.05) is 16.1 Å². The molecule has 0 aliphatic rings. The van der Waals surface area contributed by atoms with Gasteiger partial charge in [0.1, 0.15) is 5.75 Å². The zero-order chi connectivity index (χ0) is 16.3. The maximum Gasteiger partial charge on any atom is 0.313 e. The summed E-state index contributed by atoms with van der Waals surface area (Å²) in [5.74, 6) is 0.315. The molecule has 0 aliphatic heterocycles. The van der Waals surface area contributed by atoms with E-state index in [1.807, 2.05) is 0 Å². The first-order valence-corrected chi connectivity index (χ1v) is 7.64. The van der Waals surface area contributed by atoms with Crippen LogP contribution in [0, 0.1) is 5.92 Å². The van der Waals surface area contributed by atoms with Crippen LogP contribution < -0.4 is 9.47 Å². The summed E-state index contributed by atoms with van der Waals surface area (Å²) in [6.45, 7) is 3.48. The van der Waals surface area contributed by atoms with Crippen LogP contribution in [0.4, 0.5) is 0 Å². The molecule has 2 aromatic rings. The van der Waals surface area contributed by atoms with E-state index >= 15 is 0 Å². The summed E-state index contributed by atoms with van der Waals surface area (Å²) in [6.07, 6.45) is 0. The minimum absolute atomic E-state index is 0.234. The molecular formula is C16H13Cl3O3. The van der Waals surface area contributed by atoms with Crippen molar-refractivity contribution in [3.8, 4) is 17.2 Å². The largest absolute Gasteiger partial charge is 0.452 e. The number of esters is 1. The molecule has 0 aromatic heterocycles. The van der Waals surface area contributed by atoms with Crippen molar-refractivity contribution in [2.45, 2.75) is 13.8 Å². The number of ether oxygens (including phenoxy) is 2. The average Bonchev–Trinajstić information content (AvgIpc) is 2.44. The van der Waals surface area contributed by atoms with Gasteiger partial charge in [-0.2, -0.15) is 0 Å². The third-order valence-electron chi connectivity index (χ3n) is 2.70. The first-order chi connectivity index (χ1) is 10.4. The monoisotopic (exact) mass is 358 g/mol. The van der Waals surface area contributed by atoms with Gasteiger partial charge < -0.3 is 9.47 Å². The van der Waals surface area contributed by atoms with Gasteiger partial charge in [0.15, 0.2) is 11.5 Å². The summed E-state index contributed by atoms with van der Waals surface area (Å²) in [7, 11) is 0. The molecule has 2 aromatic carbocycles. The number of carbonyl (C=O) groups is 1. The van der Waals surface area contributed by atoms with E-state index in [2.05, 4.69) is 0 Å². The fourth-order valence-electron chi connectivity index (χ4n) is 1.55. The predicted molar refractivity (Wildman–Crippen MR) is 88.5 cm³/mol. The maximum atomic E-state index is 11.8. The van der Waals surface area contributed by atoms with E-state index in [9.17, 15) is 4.79 Å². The molecule has 0 N–H and O–H groups in total. The lowest BCUT2D eigenvalue weighted by Gasteiger charge is -2.13. The van der Waals surface area contributed by atoms with Crippen LogP contribution in [0.15, 0.2) is 36.4 Å². The molecule has 22 heavy (non-hydrogen) atoms. The lowest BCUT2D eigenvalue weighted by molar-refractivity contribution is -0.137. The van der Waals surface area contributed by atoms with Gasteiger partial charge in [0.05, 0.1) is 10.9 Å². The smallest absolute Gasteiger partial charge is 0.313 e. The van der Waals surface area contributed by atoms with Gasteiger partial charge in [0.2, 0.25) is 0 Å². The van der Waals surface area contributed by atoms with Crippen LogP contribution in [0.5, 0.6) is 17.2 Å². The van der Waals surface area contributed by atoms with E-state index in [1.54, 1.807) is 44.2 Å². The number of benzene rings is 2. The van der Waals surface area contributed by atoms with E-state index in [-0.39, 0.29) is 17.6 Å². The molecule has 0 bridgehead atoms. The van der Waals surface area contributed by atoms with Crippen LogP contribution in [-0.4, -0.2) is 5.97 Å². The van der Waals surface area contributed by atoms with Crippen molar-refractivity contribution in [3.05, 3.63) is 51.5 Å². The van der Waals surface area contributed by atoms with Gasteiger partial charge in [-0.3, -0.25) is 4.79 Å². The molecule has 3 nitrogen and oxygen atoms in total. The Morgan fingerprint density at radius 2 is 1.50 bits per heavy atom. The standard InChI is InChI=1S/C16H13Cl3O3/c1-9(2)16(20)22-15-8-11(18)4-6-14(15)21-13-5-3-10(17)7-12(13)19/h3-9H,1-2H3. The van der Waals surface area contributed by atoms with Crippen LogP contribution in [0.1, 0.15) is 13.8 Å². The Balaban J connectivity index is 2.32. The van der Waals surface area contributed by atoms with Gasteiger partial charge in [-0.25, -0.2) is 0 Å². The number of rotatable bonds is 4. The van der Waals surface area contributed by atoms with Gasteiger partial charge in [-0.15, -0.1) is 0 Å². The second-order valence-electron chi connectivity index (χ2n) is 4.84. The van der Waals surface area contributed by atoms with Crippen LogP contribution in [0.2, 0.25) is 15.1 Å². The summed E-state index contributed by atoms with van der Waals surface area (Å²) < 4.78 is 11.0. The quantitative estimate of drug-likeness (QED) is 0.496. The molecular weight excluding hydrogens is 347 g/mol. The van der Waals surface area contributed by atoms with E-state index in [0.29, 0.717) is 26.6 Å². The SMILES string of the molecule is CC(C)C(=O)Oc1cc(Cl)ccc1Oc1ccc(Cl)cc1Cl. The number of hydrogen-bond acceptors (Lipinski definition) is 3. The molecule has 0 amide bonds. The molecule has 0 saturated heterocycles. The Morgan fingerprint density at radius 3 is 2.09 bits per heavy atom. The van der Waals surface area contributed by atoms with Crippen molar-refractivity contribution in [2.75, 3.05) is 0 Å². The minimum Gasteiger partial charge on any atom is -0.452 e. The first-order valence-electron chi connectivity index (χ1n) is 6.51. The molecule has 0 saturated carbocycles. The van der Waals surface area contributed by atoms with E-state index in [0.717, 1.165) is 0 Å². The second-order valence-corrected chi connectivity index (χ2v) is 6.12. The molecule has 0 heterocycles. The van der Waals surface area contributed by atoms with Crippen molar-refractivity contribution in [3.63, 3.8) is 0 Å². The molecule has 0 unspecified atom stereocenters. The fourth-order valence-corrected chi connectivity index (χ4v) is 2.16. The van der Waals surface area contributed by atoms with Crippen LogP contribution >= 0.6 is 34.8 Å². The summed E-state index contributed by atoms with van der Waals surface area (Å²) in [6, 6.07) is 9.60. The third-order valence-corrected chi connectivity index (χ3v) is 3.47. The average molecular weight is 360 g/mol. The molecule has 116 valence electrons. The van der Waals surface area contributed by atoms with Gasteiger partial charge >= 0.3 is 5.97 Å². The summed E-state index contributed by atoms with van der Waals surface area (Å²) in [5.41, 5.74) is 0. The van der Waals surface area contributed by atoms with Crippen molar-refractivity contribution >= 4 is 40.8 Å². The van der Waals surface area contributed by atoms with Crippen LogP contribution in [-0.2, 0) is 4.79 Å². The fraction of sp³-hybridized carbons (Fsp3) is 0.188. The van der Waals surface area contributed by atoms with E-state index < -0.39 is 0 Å². The summed E-state index contributed by atoms with van der Waals surface area (Å²) in [4.78, 5) is 11.8. The van der Waals surface area contributed by atoms with Crippen LogP contribution in [0.3, 0.4) is 0 Å². The summed E-state index contributed by atoms with van der Waals surface area (Å²) >= 11 is 17.9. The zero-order valence-electron chi connectivity index (χ0n) is 11.9. The lowest BCUT2D eigenvalue weighted by Crippen LogP contribution is -2.15. The highest BCUT2D eigenvalue weighted by Crippen LogP contribution is 2.37. The Kier molecular flexibility index (Phi) is 5.57. The third kappa shape index (κ3) is 4.29. The Hall–Kier alpha value is -1.42. The van der Waals surface area contributed by atoms with Crippen molar-refractivity contribution in [1.29, 1.82) is 0 Å². The van der Waals surface area contributed by atoms with Crippen molar-refractivity contribution < 1.29 is 14.3 Å². The Labute approximate surface area is 143 Å². The summed E-state index contributed by atoms with van der Waals surface area (Å²) in [5, 5.41) is 1.28.